The van der Waals surface area contributed by atoms with E-state index < -0.39 is 0 Å². The second kappa shape index (κ2) is 6.96. The summed E-state index contributed by atoms with van der Waals surface area (Å²) in [5, 5.41) is 0. The molecule has 0 fully saturated rings. The van der Waals surface area contributed by atoms with Crippen LogP contribution in [0.25, 0.3) is 17.2 Å². The highest BCUT2D eigenvalue weighted by Gasteiger charge is 2.19. The number of benzene rings is 2. The van der Waals surface area contributed by atoms with E-state index in [2.05, 4.69) is 62.4 Å². The van der Waals surface area contributed by atoms with Crippen molar-refractivity contribution >= 4 is 6.08 Å². The molecule has 0 aliphatic heterocycles. The summed E-state index contributed by atoms with van der Waals surface area (Å²) in [7, 11) is 0. The lowest BCUT2D eigenvalue weighted by Crippen LogP contribution is -1.95. The molecule has 0 aromatic heterocycles. The van der Waals surface area contributed by atoms with Crippen LogP contribution in [0, 0.1) is 0 Å². The summed E-state index contributed by atoms with van der Waals surface area (Å²) in [5.74, 6) is 0. The van der Waals surface area contributed by atoms with Crippen LogP contribution in [0.2, 0.25) is 0 Å². The van der Waals surface area contributed by atoms with E-state index in [4.69, 9.17) is 0 Å². The summed E-state index contributed by atoms with van der Waals surface area (Å²) in [4.78, 5) is 0. The highest BCUT2D eigenvalue weighted by atomic mass is 14.2. The SMILES string of the molecule is CCCCC1=Cc2c(ccc(CCC)c2-c2ccccc2)C1. The first-order valence-electron chi connectivity index (χ1n) is 8.73. The van der Waals surface area contributed by atoms with Gasteiger partial charge in [-0.05, 0) is 53.5 Å². The van der Waals surface area contributed by atoms with Gasteiger partial charge in [0.25, 0.3) is 0 Å². The molecule has 2 aromatic rings. The van der Waals surface area contributed by atoms with E-state index in [-0.39, 0.29) is 0 Å². The first-order valence-corrected chi connectivity index (χ1v) is 8.73. The topological polar surface area (TPSA) is 0 Å². The first-order chi connectivity index (χ1) is 10.8. The third kappa shape index (κ3) is 3.02. The Balaban J connectivity index is 2.07. The summed E-state index contributed by atoms with van der Waals surface area (Å²) in [6.45, 7) is 4.54. The molecule has 0 bridgehead atoms. The van der Waals surface area contributed by atoms with Gasteiger partial charge in [0.15, 0.2) is 0 Å². The minimum atomic E-state index is 1.15. The van der Waals surface area contributed by atoms with Gasteiger partial charge < -0.3 is 0 Å². The van der Waals surface area contributed by atoms with Crippen molar-refractivity contribution in [2.45, 2.75) is 52.4 Å². The third-order valence-corrected chi connectivity index (χ3v) is 4.62. The van der Waals surface area contributed by atoms with E-state index in [9.17, 15) is 0 Å². The molecular weight excluding hydrogens is 264 g/mol. The van der Waals surface area contributed by atoms with Gasteiger partial charge in [0, 0.05) is 0 Å². The number of fused-ring (bicyclic) bond motifs is 1. The molecule has 114 valence electrons. The van der Waals surface area contributed by atoms with Crippen LogP contribution in [0.5, 0.6) is 0 Å². The zero-order valence-electron chi connectivity index (χ0n) is 13.9. The van der Waals surface area contributed by atoms with Gasteiger partial charge in [0.1, 0.15) is 0 Å². The molecule has 22 heavy (non-hydrogen) atoms. The Hall–Kier alpha value is -1.82. The van der Waals surface area contributed by atoms with Crippen LogP contribution in [-0.2, 0) is 12.8 Å². The van der Waals surface area contributed by atoms with Crippen LogP contribution in [0.3, 0.4) is 0 Å². The molecule has 0 nitrogen and oxygen atoms in total. The zero-order chi connectivity index (χ0) is 15.4. The number of rotatable bonds is 6. The summed E-state index contributed by atoms with van der Waals surface area (Å²) >= 11 is 0. The van der Waals surface area contributed by atoms with E-state index in [1.165, 1.54) is 53.5 Å². The fourth-order valence-corrected chi connectivity index (χ4v) is 3.51. The maximum Gasteiger partial charge on any atom is -0.00576 e. The lowest BCUT2D eigenvalue weighted by atomic mass is 9.90. The van der Waals surface area contributed by atoms with Gasteiger partial charge in [0.2, 0.25) is 0 Å². The van der Waals surface area contributed by atoms with Crippen molar-refractivity contribution in [2.75, 3.05) is 0 Å². The summed E-state index contributed by atoms with van der Waals surface area (Å²) in [6, 6.07) is 15.7. The van der Waals surface area contributed by atoms with Crippen molar-refractivity contribution in [3.8, 4) is 11.1 Å². The van der Waals surface area contributed by atoms with E-state index in [0.717, 1.165) is 12.8 Å². The van der Waals surface area contributed by atoms with Gasteiger partial charge in [-0.1, -0.05) is 80.8 Å². The Morgan fingerprint density at radius 1 is 0.864 bits per heavy atom. The van der Waals surface area contributed by atoms with Gasteiger partial charge >= 0.3 is 0 Å². The van der Waals surface area contributed by atoms with Crippen molar-refractivity contribution in [2.24, 2.45) is 0 Å². The first kappa shape index (κ1) is 15.1. The Labute approximate surface area is 134 Å². The molecule has 0 atom stereocenters. The molecule has 0 unspecified atom stereocenters. The fraction of sp³-hybridized carbons (Fsp3) is 0.364. The summed E-state index contributed by atoms with van der Waals surface area (Å²) < 4.78 is 0. The molecule has 0 heteroatoms. The van der Waals surface area contributed by atoms with E-state index in [0.29, 0.717) is 0 Å². The van der Waals surface area contributed by atoms with Crippen molar-refractivity contribution < 1.29 is 0 Å². The van der Waals surface area contributed by atoms with Crippen LogP contribution in [-0.4, -0.2) is 0 Å². The van der Waals surface area contributed by atoms with Crippen LogP contribution < -0.4 is 0 Å². The van der Waals surface area contributed by atoms with E-state index in [1.54, 1.807) is 5.57 Å². The molecule has 0 amide bonds. The second-order valence-electron chi connectivity index (χ2n) is 6.37. The van der Waals surface area contributed by atoms with Crippen molar-refractivity contribution in [1.29, 1.82) is 0 Å². The molecule has 0 N–H and O–H groups in total. The van der Waals surface area contributed by atoms with Crippen molar-refractivity contribution in [3.05, 3.63) is 64.7 Å². The highest BCUT2D eigenvalue weighted by molar-refractivity contribution is 5.83. The number of hydrogen-bond acceptors (Lipinski definition) is 0. The maximum atomic E-state index is 2.48. The highest BCUT2D eigenvalue weighted by Crippen LogP contribution is 2.38. The lowest BCUT2D eigenvalue weighted by Gasteiger charge is -2.14. The normalized spacial score (nSPS) is 13.1. The molecular formula is C22H26. The molecule has 1 aliphatic carbocycles. The molecule has 0 spiro atoms. The Bertz CT molecular complexity index is 662. The van der Waals surface area contributed by atoms with E-state index in [1.807, 2.05) is 0 Å². The number of unbranched alkanes of at least 4 members (excludes halogenated alkanes) is 1. The lowest BCUT2D eigenvalue weighted by molar-refractivity contribution is 0.779. The fourth-order valence-electron chi connectivity index (χ4n) is 3.51. The van der Waals surface area contributed by atoms with Crippen molar-refractivity contribution in [1.82, 2.24) is 0 Å². The largest absolute Gasteiger partial charge is 0.0654 e. The minimum absolute atomic E-state index is 1.15. The van der Waals surface area contributed by atoms with Gasteiger partial charge in [-0.25, -0.2) is 0 Å². The van der Waals surface area contributed by atoms with E-state index >= 15 is 0 Å². The summed E-state index contributed by atoms with van der Waals surface area (Å²) in [6.07, 6.45) is 9.83. The Morgan fingerprint density at radius 3 is 2.41 bits per heavy atom. The monoisotopic (exact) mass is 290 g/mol. The van der Waals surface area contributed by atoms with Gasteiger partial charge in [-0.2, -0.15) is 0 Å². The predicted octanol–water partition coefficient (Wildman–Crippen LogP) is 6.44. The maximum absolute atomic E-state index is 2.48. The molecule has 1 aliphatic rings. The van der Waals surface area contributed by atoms with Crippen LogP contribution in [0.1, 0.15) is 56.2 Å². The third-order valence-electron chi connectivity index (χ3n) is 4.62. The molecule has 3 rings (SSSR count). The van der Waals surface area contributed by atoms with Crippen LogP contribution in [0.15, 0.2) is 48.0 Å². The van der Waals surface area contributed by atoms with Crippen LogP contribution in [0.4, 0.5) is 0 Å². The average Bonchev–Trinajstić information content (AvgIpc) is 2.96. The molecule has 0 saturated heterocycles. The Morgan fingerprint density at radius 2 is 1.68 bits per heavy atom. The van der Waals surface area contributed by atoms with Crippen molar-refractivity contribution in [3.63, 3.8) is 0 Å². The second-order valence-corrected chi connectivity index (χ2v) is 6.37. The zero-order valence-corrected chi connectivity index (χ0v) is 13.9. The summed E-state index contributed by atoms with van der Waals surface area (Å²) in [5.41, 5.74) is 8.97. The number of allylic oxidation sites excluding steroid dienone is 1. The molecule has 0 heterocycles. The number of aryl methyl sites for hydroxylation is 1. The number of hydrogen-bond donors (Lipinski definition) is 0. The van der Waals surface area contributed by atoms with Gasteiger partial charge in [-0.3, -0.25) is 0 Å². The average molecular weight is 290 g/mol. The molecule has 0 radical (unpaired) electrons. The Kier molecular flexibility index (Phi) is 4.77. The molecule has 2 aromatic carbocycles. The quantitative estimate of drug-likeness (QED) is 0.574. The standard InChI is InChI=1S/C22H26/c1-3-5-10-17-15-20-14-13-18(9-4-2)22(21(20)16-17)19-11-7-6-8-12-19/h6-8,11-14,16H,3-5,9-10,15H2,1-2H3. The molecule has 0 saturated carbocycles. The predicted molar refractivity (Wildman–Crippen MR) is 97.1 cm³/mol. The van der Waals surface area contributed by atoms with Gasteiger partial charge in [-0.15, -0.1) is 0 Å². The minimum Gasteiger partial charge on any atom is -0.0654 e. The smallest absolute Gasteiger partial charge is 0.00576 e. The van der Waals surface area contributed by atoms with Gasteiger partial charge in [0.05, 0.1) is 0 Å². The van der Waals surface area contributed by atoms with Crippen LogP contribution >= 0.6 is 0 Å².